The predicted molar refractivity (Wildman–Crippen MR) is 81.3 cm³/mol. The van der Waals surface area contributed by atoms with Crippen molar-refractivity contribution < 1.29 is 0 Å². The van der Waals surface area contributed by atoms with E-state index in [0.717, 1.165) is 19.0 Å². The van der Waals surface area contributed by atoms with Gasteiger partial charge in [-0.05, 0) is 50.1 Å². The number of aromatic nitrogens is 3. The Kier molecular flexibility index (Phi) is 4.24. The van der Waals surface area contributed by atoms with Crippen LogP contribution in [0.1, 0.15) is 45.4 Å². The highest BCUT2D eigenvalue weighted by Crippen LogP contribution is 2.34. The fourth-order valence-electron chi connectivity index (χ4n) is 2.77. The van der Waals surface area contributed by atoms with Gasteiger partial charge in [0.2, 0.25) is 17.2 Å². The highest BCUT2D eigenvalue weighted by Gasteiger charge is 2.24. The number of anilines is 2. The van der Waals surface area contributed by atoms with Crippen LogP contribution in [0.15, 0.2) is 0 Å². The maximum Gasteiger partial charge on any atom is 0.231 e. The van der Waals surface area contributed by atoms with Gasteiger partial charge < -0.3 is 10.2 Å². The number of nitrogens with zero attached hydrogens (tertiary/aromatic N) is 4. The van der Waals surface area contributed by atoms with E-state index in [1.54, 1.807) is 0 Å². The van der Waals surface area contributed by atoms with Crippen LogP contribution in [-0.2, 0) is 0 Å². The monoisotopic (exact) mass is 295 g/mol. The second kappa shape index (κ2) is 6.12. The minimum absolute atomic E-state index is 0.279. The van der Waals surface area contributed by atoms with Gasteiger partial charge in [0.05, 0.1) is 0 Å². The molecule has 6 heteroatoms. The first-order valence-electron chi connectivity index (χ1n) is 7.64. The van der Waals surface area contributed by atoms with Crippen molar-refractivity contribution in [2.24, 2.45) is 5.92 Å². The Hall–Kier alpha value is -1.10. The van der Waals surface area contributed by atoms with Gasteiger partial charge in [0, 0.05) is 19.1 Å². The Balaban J connectivity index is 1.68. The lowest BCUT2D eigenvalue weighted by atomic mass is 10.1. The largest absolute Gasteiger partial charge is 0.352 e. The SMILES string of the molecule is CC(CC1CC1)Nc1nc(Cl)nc(N2CCCCC2)n1. The van der Waals surface area contributed by atoms with Crippen molar-refractivity contribution in [3.63, 3.8) is 0 Å². The molecule has 0 radical (unpaired) electrons. The second-order valence-corrected chi connectivity index (χ2v) is 6.34. The molecule has 20 heavy (non-hydrogen) atoms. The number of piperidine rings is 1. The van der Waals surface area contributed by atoms with Crippen molar-refractivity contribution in [2.45, 2.75) is 51.5 Å². The van der Waals surface area contributed by atoms with Crippen LogP contribution >= 0.6 is 11.6 Å². The lowest BCUT2D eigenvalue weighted by Gasteiger charge is -2.26. The molecular weight excluding hydrogens is 274 g/mol. The summed E-state index contributed by atoms with van der Waals surface area (Å²) in [5, 5.41) is 3.64. The number of rotatable bonds is 5. The fourth-order valence-corrected chi connectivity index (χ4v) is 2.93. The molecule has 0 aromatic carbocycles. The van der Waals surface area contributed by atoms with Gasteiger partial charge in [-0.3, -0.25) is 0 Å². The third kappa shape index (κ3) is 3.72. The molecule has 2 fully saturated rings. The molecule has 1 aromatic heterocycles. The minimum Gasteiger partial charge on any atom is -0.352 e. The zero-order chi connectivity index (χ0) is 13.9. The summed E-state index contributed by atoms with van der Waals surface area (Å²) >= 11 is 6.04. The average molecular weight is 296 g/mol. The molecule has 3 rings (SSSR count). The summed E-state index contributed by atoms with van der Waals surface area (Å²) in [4.78, 5) is 15.2. The summed E-state index contributed by atoms with van der Waals surface area (Å²) in [6, 6.07) is 0.384. The molecule has 1 atom stereocenters. The van der Waals surface area contributed by atoms with Crippen LogP contribution in [-0.4, -0.2) is 34.1 Å². The molecule has 1 aliphatic carbocycles. The molecule has 2 heterocycles. The maximum atomic E-state index is 6.04. The Morgan fingerprint density at radius 2 is 1.95 bits per heavy atom. The quantitative estimate of drug-likeness (QED) is 0.904. The molecular formula is C14H22ClN5. The van der Waals surface area contributed by atoms with Crippen molar-refractivity contribution in [1.29, 1.82) is 0 Å². The first-order chi connectivity index (χ1) is 9.70. The van der Waals surface area contributed by atoms with Gasteiger partial charge in [0.1, 0.15) is 0 Å². The zero-order valence-electron chi connectivity index (χ0n) is 12.0. The molecule has 1 saturated carbocycles. The highest BCUT2D eigenvalue weighted by molar-refractivity contribution is 6.28. The van der Waals surface area contributed by atoms with Crippen LogP contribution < -0.4 is 10.2 Å². The van der Waals surface area contributed by atoms with Gasteiger partial charge in [-0.15, -0.1) is 0 Å². The number of hydrogen-bond donors (Lipinski definition) is 1. The molecule has 1 N–H and O–H groups in total. The molecule has 5 nitrogen and oxygen atoms in total. The van der Waals surface area contributed by atoms with Gasteiger partial charge in [0.25, 0.3) is 0 Å². The van der Waals surface area contributed by atoms with E-state index in [0.29, 0.717) is 17.9 Å². The normalized spacial score (nSPS) is 20.8. The van der Waals surface area contributed by atoms with E-state index in [4.69, 9.17) is 11.6 Å². The molecule has 110 valence electrons. The highest BCUT2D eigenvalue weighted by atomic mass is 35.5. The Morgan fingerprint density at radius 1 is 1.20 bits per heavy atom. The molecule has 0 bridgehead atoms. The summed E-state index contributed by atoms with van der Waals surface area (Å²) in [5.41, 5.74) is 0. The van der Waals surface area contributed by atoms with E-state index < -0.39 is 0 Å². The lowest BCUT2D eigenvalue weighted by Crippen LogP contribution is -2.31. The van der Waals surface area contributed by atoms with Gasteiger partial charge in [-0.2, -0.15) is 15.0 Å². The number of halogens is 1. The molecule has 1 unspecified atom stereocenters. The third-order valence-electron chi connectivity index (χ3n) is 3.99. The van der Waals surface area contributed by atoms with Crippen LogP contribution in [0.25, 0.3) is 0 Å². The molecule has 0 amide bonds. The van der Waals surface area contributed by atoms with E-state index in [-0.39, 0.29) is 5.28 Å². The molecule has 1 aromatic rings. The fraction of sp³-hybridized carbons (Fsp3) is 0.786. The van der Waals surface area contributed by atoms with Gasteiger partial charge in [-0.1, -0.05) is 12.8 Å². The van der Waals surface area contributed by atoms with Crippen LogP contribution in [0.4, 0.5) is 11.9 Å². The van der Waals surface area contributed by atoms with E-state index in [1.807, 2.05) is 0 Å². The first-order valence-corrected chi connectivity index (χ1v) is 8.01. The van der Waals surface area contributed by atoms with E-state index in [2.05, 4.69) is 32.1 Å². The van der Waals surface area contributed by atoms with Crippen LogP contribution in [0.3, 0.4) is 0 Å². The summed E-state index contributed by atoms with van der Waals surface area (Å²) in [5.74, 6) is 2.21. The van der Waals surface area contributed by atoms with Crippen molar-refractivity contribution in [3.05, 3.63) is 5.28 Å². The predicted octanol–water partition coefficient (Wildman–Crippen LogP) is 3.12. The number of hydrogen-bond acceptors (Lipinski definition) is 5. The standard InChI is InChI=1S/C14H22ClN5/c1-10(9-11-5-6-11)16-13-17-12(15)18-14(19-13)20-7-3-2-4-8-20/h10-11H,2-9H2,1H3,(H,16,17,18,19). The van der Waals surface area contributed by atoms with Crippen molar-refractivity contribution >= 4 is 23.5 Å². The van der Waals surface area contributed by atoms with Crippen molar-refractivity contribution in [1.82, 2.24) is 15.0 Å². The molecule has 1 saturated heterocycles. The Morgan fingerprint density at radius 3 is 2.65 bits per heavy atom. The summed E-state index contributed by atoms with van der Waals surface area (Å²) in [6.07, 6.45) is 7.60. The van der Waals surface area contributed by atoms with Crippen LogP contribution in [0.5, 0.6) is 0 Å². The summed E-state index contributed by atoms with van der Waals surface area (Å²) in [7, 11) is 0. The van der Waals surface area contributed by atoms with Gasteiger partial charge in [-0.25, -0.2) is 0 Å². The molecule has 0 spiro atoms. The van der Waals surface area contributed by atoms with Gasteiger partial charge >= 0.3 is 0 Å². The summed E-state index contributed by atoms with van der Waals surface area (Å²) < 4.78 is 0. The Labute approximate surface area is 125 Å². The van der Waals surface area contributed by atoms with E-state index >= 15 is 0 Å². The lowest BCUT2D eigenvalue weighted by molar-refractivity contribution is 0.567. The first kappa shape index (κ1) is 13.9. The summed E-state index contributed by atoms with van der Waals surface area (Å²) in [6.45, 7) is 4.20. The minimum atomic E-state index is 0.279. The molecule has 2 aliphatic rings. The van der Waals surface area contributed by atoms with E-state index in [9.17, 15) is 0 Å². The average Bonchev–Trinajstić information content (AvgIpc) is 3.23. The smallest absolute Gasteiger partial charge is 0.231 e. The molecule has 1 aliphatic heterocycles. The van der Waals surface area contributed by atoms with Crippen molar-refractivity contribution in [3.8, 4) is 0 Å². The van der Waals surface area contributed by atoms with Crippen LogP contribution in [0.2, 0.25) is 5.28 Å². The topological polar surface area (TPSA) is 53.9 Å². The zero-order valence-corrected chi connectivity index (χ0v) is 12.7. The van der Waals surface area contributed by atoms with Gasteiger partial charge in [0.15, 0.2) is 0 Å². The van der Waals surface area contributed by atoms with Crippen LogP contribution in [0, 0.1) is 5.92 Å². The van der Waals surface area contributed by atoms with E-state index in [1.165, 1.54) is 38.5 Å². The number of nitrogens with one attached hydrogen (secondary N) is 1. The third-order valence-corrected chi connectivity index (χ3v) is 4.16. The maximum absolute atomic E-state index is 6.04. The van der Waals surface area contributed by atoms with Crippen molar-refractivity contribution in [2.75, 3.05) is 23.3 Å². The second-order valence-electron chi connectivity index (χ2n) is 6.00. The Bertz CT molecular complexity index is 457.